The number of phenols is 1. The molecule has 0 aliphatic heterocycles. The Balaban J connectivity index is 2.54. The monoisotopic (exact) mass is 264 g/mol. The Morgan fingerprint density at radius 3 is 2.53 bits per heavy atom. The van der Waals surface area contributed by atoms with E-state index in [4.69, 9.17) is 0 Å². The van der Waals surface area contributed by atoms with Crippen molar-refractivity contribution in [2.75, 3.05) is 13.6 Å². The lowest BCUT2D eigenvalue weighted by Crippen LogP contribution is -2.41. The summed E-state index contributed by atoms with van der Waals surface area (Å²) < 4.78 is 0. The quantitative estimate of drug-likeness (QED) is 0.830. The Bertz CT molecular complexity index is 458. The lowest BCUT2D eigenvalue weighted by Gasteiger charge is -2.18. The molecule has 1 aromatic rings. The van der Waals surface area contributed by atoms with Gasteiger partial charge in [0.25, 0.3) is 0 Å². The number of aromatic hydroxyl groups is 1. The summed E-state index contributed by atoms with van der Waals surface area (Å²) in [6, 6.07) is 6.73. The molecule has 104 valence electrons. The second kappa shape index (κ2) is 6.78. The summed E-state index contributed by atoms with van der Waals surface area (Å²) in [4.78, 5) is 24.8. The summed E-state index contributed by atoms with van der Waals surface area (Å²) in [5.41, 5.74) is 0.559. The molecule has 0 spiro atoms. The number of nitrogens with one attached hydrogen (secondary N) is 1. The third-order valence-corrected chi connectivity index (χ3v) is 2.59. The molecule has 2 N–H and O–H groups in total. The highest BCUT2D eigenvalue weighted by Gasteiger charge is 2.15. The maximum Gasteiger partial charge on any atom is 0.239 e. The van der Waals surface area contributed by atoms with E-state index in [1.807, 2.05) is 13.8 Å². The lowest BCUT2D eigenvalue weighted by molar-refractivity contribution is -0.134. The Labute approximate surface area is 113 Å². The van der Waals surface area contributed by atoms with Crippen molar-refractivity contribution in [2.24, 2.45) is 0 Å². The van der Waals surface area contributed by atoms with Gasteiger partial charge in [-0.05, 0) is 19.9 Å². The van der Waals surface area contributed by atoms with Crippen LogP contribution in [-0.4, -0.2) is 41.5 Å². The van der Waals surface area contributed by atoms with Gasteiger partial charge in [-0.1, -0.05) is 18.2 Å². The van der Waals surface area contributed by atoms with E-state index in [9.17, 15) is 14.7 Å². The molecule has 0 aromatic heterocycles. The van der Waals surface area contributed by atoms with E-state index in [1.165, 1.54) is 11.0 Å². The Hall–Kier alpha value is -2.04. The molecule has 0 aliphatic rings. The first-order valence-corrected chi connectivity index (χ1v) is 6.20. The summed E-state index contributed by atoms with van der Waals surface area (Å²) >= 11 is 0. The number of phenolic OH excluding ortho intramolecular Hbond substituents is 1. The molecule has 0 saturated heterocycles. The first kappa shape index (κ1) is 15.0. The van der Waals surface area contributed by atoms with Gasteiger partial charge >= 0.3 is 0 Å². The van der Waals surface area contributed by atoms with Crippen molar-refractivity contribution < 1.29 is 14.7 Å². The lowest BCUT2D eigenvalue weighted by atomic mass is 10.1. The molecule has 0 heterocycles. The van der Waals surface area contributed by atoms with Gasteiger partial charge in [-0.15, -0.1) is 0 Å². The number of amides is 2. The molecule has 0 fully saturated rings. The molecule has 0 atom stereocenters. The molecule has 0 unspecified atom stereocenters. The summed E-state index contributed by atoms with van der Waals surface area (Å²) in [6.07, 6.45) is 0.0815. The van der Waals surface area contributed by atoms with E-state index in [-0.39, 0.29) is 36.6 Å². The number of nitrogens with zero attached hydrogens (tertiary/aromatic N) is 1. The van der Waals surface area contributed by atoms with E-state index < -0.39 is 0 Å². The van der Waals surface area contributed by atoms with Crippen molar-refractivity contribution in [3.63, 3.8) is 0 Å². The van der Waals surface area contributed by atoms with Gasteiger partial charge in [0.15, 0.2) is 0 Å². The van der Waals surface area contributed by atoms with Crippen LogP contribution in [-0.2, 0) is 16.0 Å². The zero-order valence-corrected chi connectivity index (χ0v) is 11.5. The highest BCUT2D eigenvalue weighted by atomic mass is 16.3. The molecule has 0 bridgehead atoms. The summed E-state index contributed by atoms with van der Waals surface area (Å²) in [7, 11) is 1.57. The van der Waals surface area contributed by atoms with Gasteiger partial charge in [-0.3, -0.25) is 9.59 Å². The fraction of sp³-hybridized carbons (Fsp3) is 0.429. The van der Waals surface area contributed by atoms with Crippen molar-refractivity contribution in [3.8, 4) is 5.75 Å². The number of carbonyl (C=O) groups is 2. The Morgan fingerprint density at radius 2 is 1.95 bits per heavy atom. The molecule has 5 heteroatoms. The zero-order chi connectivity index (χ0) is 14.4. The van der Waals surface area contributed by atoms with Gasteiger partial charge in [0.05, 0.1) is 13.0 Å². The van der Waals surface area contributed by atoms with Gasteiger partial charge in [0, 0.05) is 18.7 Å². The van der Waals surface area contributed by atoms with Crippen LogP contribution in [0.3, 0.4) is 0 Å². The number of rotatable bonds is 5. The average Bonchev–Trinajstić information content (AvgIpc) is 2.30. The van der Waals surface area contributed by atoms with Crippen LogP contribution in [0.25, 0.3) is 0 Å². The predicted molar refractivity (Wildman–Crippen MR) is 72.7 cm³/mol. The number of likely N-dealkylation sites (N-methyl/N-ethyl adjacent to an activating group) is 1. The fourth-order valence-corrected chi connectivity index (χ4v) is 1.63. The van der Waals surface area contributed by atoms with Gasteiger partial charge in [-0.2, -0.15) is 0 Å². The minimum Gasteiger partial charge on any atom is -0.508 e. The fourth-order valence-electron chi connectivity index (χ4n) is 1.63. The van der Waals surface area contributed by atoms with Crippen molar-refractivity contribution in [2.45, 2.75) is 26.3 Å². The topological polar surface area (TPSA) is 69.6 Å². The number of hydrogen-bond acceptors (Lipinski definition) is 3. The molecule has 1 rings (SSSR count). The molecule has 5 nitrogen and oxygen atoms in total. The van der Waals surface area contributed by atoms with Crippen LogP contribution in [0.1, 0.15) is 19.4 Å². The van der Waals surface area contributed by atoms with E-state index in [2.05, 4.69) is 5.32 Å². The summed E-state index contributed by atoms with van der Waals surface area (Å²) in [6.45, 7) is 3.74. The van der Waals surface area contributed by atoms with Crippen LogP contribution in [0.4, 0.5) is 0 Å². The van der Waals surface area contributed by atoms with E-state index >= 15 is 0 Å². The van der Waals surface area contributed by atoms with Crippen LogP contribution in [0, 0.1) is 0 Å². The SMILES string of the molecule is CC(C)NC(=O)CN(C)C(=O)Cc1ccccc1O. The molecular formula is C14H20N2O3. The number of benzene rings is 1. The molecule has 1 aromatic carbocycles. The van der Waals surface area contributed by atoms with Gasteiger partial charge in [0.1, 0.15) is 5.75 Å². The number of para-hydroxylation sites is 1. The summed E-state index contributed by atoms with van der Waals surface area (Å²) in [5.74, 6) is -0.306. The van der Waals surface area contributed by atoms with Crippen molar-refractivity contribution in [1.82, 2.24) is 10.2 Å². The van der Waals surface area contributed by atoms with E-state index in [1.54, 1.807) is 25.2 Å². The number of carbonyl (C=O) groups excluding carboxylic acids is 2. The highest BCUT2D eigenvalue weighted by Crippen LogP contribution is 2.16. The maximum atomic E-state index is 11.9. The average molecular weight is 264 g/mol. The molecule has 19 heavy (non-hydrogen) atoms. The standard InChI is InChI=1S/C14H20N2O3/c1-10(2)15-13(18)9-16(3)14(19)8-11-6-4-5-7-12(11)17/h4-7,10,17H,8-9H2,1-3H3,(H,15,18). The molecular weight excluding hydrogens is 244 g/mol. The summed E-state index contributed by atoms with van der Waals surface area (Å²) in [5, 5.41) is 12.3. The first-order valence-electron chi connectivity index (χ1n) is 6.20. The van der Waals surface area contributed by atoms with Gasteiger partial charge < -0.3 is 15.3 Å². The van der Waals surface area contributed by atoms with Crippen LogP contribution in [0.2, 0.25) is 0 Å². The third-order valence-electron chi connectivity index (χ3n) is 2.59. The third kappa shape index (κ3) is 4.99. The van der Waals surface area contributed by atoms with Crippen molar-refractivity contribution in [3.05, 3.63) is 29.8 Å². The molecule has 0 saturated carbocycles. The minimum absolute atomic E-state index is 0.0185. The zero-order valence-electron chi connectivity index (χ0n) is 11.5. The second-order valence-corrected chi connectivity index (χ2v) is 4.78. The van der Waals surface area contributed by atoms with E-state index in [0.717, 1.165) is 0 Å². The number of hydrogen-bond donors (Lipinski definition) is 2. The molecule has 2 amide bonds. The first-order chi connectivity index (χ1) is 8.90. The minimum atomic E-state index is -0.208. The smallest absolute Gasteiger partial charge is 0.239 e. The maximum absolute atomic E-state index is 11.9. The van der Waals surface area contributed by atoms with Crippen LogP contribution < -0.4 is 5.32 Å². The normalized spacial score (nSPS) is 10.3. The van der Waals surface area contributed by atoms with E-state index in [0.29, 0.717) is 5.56 Å². The Kier molecular flexibility index (Phi) is 5.36. The van der Waals surface area contributed by atoms with Crippen LogP contribution in [0.15, 0.2) is 24.3 Å². The predicted octanol–water partition coefficient (Wildman–Crippen LogP) is 0.918. The largest absolute Gasteiger partial charge is 0.508 e. The molecule has 0 aliphatic carbocycles. The highest BCUT2D eigenvalue weighted by molar-refractivity contribution is 5.86. The van der Waals surface area contributed by atoms with Crippen molar-refractivity contribution in [1.29, 1.82) is 0 Å². The Morgan fingerprint density at radius 1 is 1.32 bits per heavy atom. The van der Waals surface area contributed by atoms with Crippen LogP contribution >= 0.6 is 0 Å². The van der Waals surface area contributed by atoms with Crippen molar-refractivity contribution >= 4 is 11.8 Å². The van der Waals surface area contributed by atoms with Crippen LogP contribution in [0.5, 0.6) is 5.75 Å². The van der Waals surface area contributed by atoms with Gasteiger partial charge in [-0.25, -0.2) is 0 Å². The second-order valence-electron chi connectivity index (χ2n) is 4.78. The van der Waals surface area contributed by atoms with Gasteiger partial charge in [0.2, 0.25) is 11.8 Å². The molecule has 0 radical (unpaired) electrons.